The van der Waals surface area contributed by atoms with Crippen molar-refractivity contribution in [2.75, 3.05) is 0 Å². The SMILES string of the molecule is O=C(NCc1nnc(C2CC2)o1)c1ccsc1C(F)F. The first-order valence-electron chi connectivity index (χ1n) is 6.11. The zero-order valence-electron chi connectivity index (χ0n) is 10.3. The number of amides is 1. The van der Waals surface area contributed by atoms with Crippen LogP contribution in [0.1, 0.15) is 52.2 Å². The number of nitrogens with zero attached hydrogens (tertiary/aromatic N) is 2. The molecule has 1 amide bonds. The van der Waals surface area contributed by atoms with Crippen molar-refractivity contribution in [1.29, 1.82) is 0 Å². The van der Waals surface area contributed by atoms with E-state index in [4.69, 9.17) is 4.42 Å². The Labute approximate surface area is 117 Å². The number of aromatic nitrogens is 2. The van der Waals surface area contributed by atoms with E-state index in [1.165, 1.54) is 11.4 Å². The van der Waals surface area contributed by atoms with Crippen LogP contribution in [0.25, 0.3) is 0 Å². The molecule has 106 valence electrons. The van der Waals surface area contributed by atoms with Gasteiger partial charge in [-0.1, -0.05) is 0 Å². The normalized spacial score (nSPS) is 14.8. The highest BCUT2D eigenvalue weighted by Crippen LogP contribution is 2.39. The van der Waals surface area contributed by atoms with Crippen LogP contribution in [0.15, 0.2) is 15.9 Å². The zero-order chi connectivity index (χ0) is 14.1. The van der Waals surface area contributed by atoms with Gasteiger partial charge in [-0.25, -0.2) is 8.78 Å². The molecule has 2 aromatic rings. The molecule has 3 rings (SSSR count). The molecule has 0 unspecified atom stereocenters. The molecule has 1 saturated carbocycles. The minimum Gasteiger partial charge on any atom is -0.423 e. The lowest BCUT2D eigenvalue weighted by Crippen LogP contribution is -2.23. The van der Waals surface area contributed by atoms with Gasteiger partial charge in [-0.05, 0) is 24.3 Å². The maximum absolute atomic E-state index is 12.7. The Bertz CT molecular complexity index is 622. The van der Waals surface area contributed by atoms with Crippen LogP contribution in [0, 0.1) is 0 Å². The largest absolute Gasteiger partial charge is 0.423 e. The first-order valence-corrected chi connectivity index (χ1v) is 6.99. The number of halogens is 2. The molecule has 0 bridgehead atoms. The Morgan fingerprint density at radius 1 is 1.50 bits per heavy atom. The number of carbonyl (C=O) groups excluding carboxylic acids is 1. The monoisotopic (exact) mass is 299 g/mol. The molecule has 1 aliphatic rings. The summed E-state index contributed by atoms with van der Waals surface area (Å²) in [6.45, 7) is 0.0388. The molecule has 20 heavy (non-hydrogen) atoms. The fraction of sp³-hybridized carbons (Fsp3) is 0.417. The third kappa shape index (κ3) is 2.69. The number of hydrogen-bond acceptors (Lipinski definition) is 5. The Morgan fingerprint density at radius 2 is 2.30 bits per heavy atom. The quantitative estimate of drug-likeness (QED) is 0.921. The van der Waals surface area contributed by atoms with Gasteiger partial charge in [0.15, 0.2) is 0 Å². The highest BCUT2D eigenvalue weighted by atomic mass is 32.1. The smallest absolute Gasteiger partial charge is 0.273 e. The van der Waals surface area contributed by atoms with Crippen molar-refractivity contribution in [3.05, 3.63) is 33.7 Å². The summed E-state index contributed by atoms with van der Waals surface area (Å²) in [7, 11) is 0. The number of thiophene rings is 1. The molecular weight excluding hydrogens is 288 g/mol. The predicted molar refractivity (Wildman–Crippen MR) is 66.7 cm³/mol. The van der Waals surface area contributed by atoms with Crippen molar-refractivity contribution in [3.63, 3.8) is 0 Å². The summed E-state index contributed by atoms with van der Waals surface area (Å²) in [6.07, 6.45) is -0.568. The van der Waals surface area contributed by atoms with Crippen molar-refractivity contribution < 1.29 is 18.0 Å². The summed E-state index contributed by atoms with van der Waals surface area (Å²) >= 11 is 0.862. The second-order valence-corrected chi connectivity index (χ2v) is 5.44. The van der Waals surface area contributed by atoms with Gasteiger partial charge in [0.05, 0.1) is 17.0 Å². The number of hydrogen-bond donors (Lipinski definition) is 1. The van der Waals surface area contributed by atoms with E-state index in [-0.39, 0.29) is 22.9 Å². The summed E-state index contributed by atoms with van der Waals surface area (Å²) in [6, 6.07) is 1.38. The third-order valence-electron chi connectivity index (χ3n) is 2.95. The predicted octanol–water partition coefficient (Wildman–Crippen LogP) is 2.88. The van der Waals surface area contributed by atoms with Gasteiger partial charge in [0.1, 0.15) is 0 Å². The van der Waals surface area contributed by atoms with Crippen molar-refractivity contribution in [1.82, 2.24) is 15.5 Å². The summed E-state index contributed by atoms with van der Waals surface area (Å²) in [4.78, 5) is 11.6. The molecule has 0 aliphatic heterocycles. The average Bonchev–Trinajstić information content (AvgIpc) is 2.98. The van der Waals surface area contributed by atoms with Gasteiger partial charge in [-0.3, -0.25) is 4.79 Å². The first-order chi connectivity index (χ1) is 9.65. The van der Waals surface area contributed by atoms with Gasteiger partial charge < -0.3 is 9.73 Å². The van der Waals surface area contributed by atoms with Crippen molar-refractivity contribution in [2.24, 2.45) is 0 Å². The van der Waals surface area contributed by atoms with E-state index in [2.05, 4.69) is 15.5 Å². The number of rotatable bonds is 5. The van der Waals surface area contributed by atoms with E-state index in [0.717, 1.165) is 24.2 Å². The van der Waals surface area contributed by atoms with Gasteiger partial charge in [-0.15, -0.1) is 21.5 Å². The van der Waals surface area contributed by atoms with E-state index in [9.17, 15) is 13.6 Å². The lowest BCUT2D eigenvalue weighted by Gasteiger charge is -2.03. The van der Waals surface area contributed by atoms with E-state index in [0.29, 0.717) is 11.8 Å². The van der Waals surface area contributed by atoms with Gasteiger partial charge in [0.25, 0.3) is 12.3 Å². The van der Waals surface area contributed by atoms with Crippen LogP contribution in [-0.4, -0.2) is 16.1 Å². The molecule has 1 aliphatic carbocycles. The summed E-state index contributed by atoms with van der Waals surface area (Å²) in [5.74, 6) is 0.647. The van der Waals surface area contributed by atoms with Crippen molar-refractivity contribution >= 4 is 17.2 Å². The maximum Gasteiger partial charge on any atom is 0.273 e. The molecule has 0 atom stereocenters. The highest BCUT2D eigenvalue weighted by Gasteiger charge is 2.29. The molecule has 2 heterocycles. The molecule has 8 heteroatoms. The fourth-order valence-corrected chi connectivity index (χ4v) is 2.50. The van der Waals surface area contributed by atoms with Gasteiger partial charge in [0.2, 0.25) is 11.8 Å². The van der Waals surface area contributed by atoms with Crippen LogP contribution >= 0.6 is 11.3 Å². The molecule has 2 aromatic heterocycles. The zero-order valence-corrected chi connectivity index (χ0v) is 11.1. The molecule has 0 saturated heterocycles. The number of carbonyl (C=O) groups is 1. The van der Waals surface area contributed by atoms with Crippen molar-refractivity contribution in [3.8, 4) is 0 Å². The van der Waals surface area contributed by atoms with E-state index in [1.807, 2.05) is 0 Å². The average molecular weight is 299 g/mol. The minimum absolute atomic E-state index is 0.00747. The van der Waals surface area contributed by atoms with Crippen LogP contribution in [0.3, 0.4) is 0 Å². The summed E-state index contributed by atoms with van der Waals surface area (Å²) < 4.78 is 30.7. The highest BCUT2D eigenvalue weighted by molar-refractivity contribution is 7.10. The van der Waals surface area contributed by atoms with Crippen LogP contribution in [0.5, 0.6) is 0 Å². The van der Waals surface area contributed by atoms with E-state index >= 15 is 0 Å². The van der Waals surface area contributed by atoms with Crippen molar-refractivity contribution in [2.45, 2.75) is 31.7 Å². The number of nitrogens with one attached hydrogen (secondary N) is 1. The third-order valence-corrected chi connectivity index (χ3v) is 3.87. The lowest BCUT2D eigenvalue weighted by molar-refractivity contribution is 0.0936. The molecule has 5 nitrogen and oxygen atoms in total. The summed E-state index contributed by atoms with van der Waals surface area (Å²) in [5, 5.41) is 11.7. The van der Waals surface area contributed by atoms with Crippen LogP contribution in [0.2, 0.25) is 0 Å². The van der Waals surface area contributed by atoms with Gasteiger partial charge in [0, 0.05) is 5.92 Å². The molecular formula is C12H11F2N3O2S. The Morgan fingerprint density at radius 3 is 3.00 bits per heavy atom. The number of alkyl halides is 2. The standard InChI is InChI=1S/C12H11F2N3O2S/c13-10(14)9-7(3-4-20-9)11(18)15-5-8-16-17-12(19-8)6-1-2-6/h3-4,6,10H,1-2,5H2,(H,15,18). The maximum atomic E-state index is 12.7. The molecule has 0 spiro atoms. The van der Waals surface area contributed by atoms with Gasteiger partial charge >= 0.3 is 0 Å². The fourth-order valence-electron chi connectivity index (χ4n) is 1.76. The minimum atomic E-state index is -2.65. The van der Waals surface area contributed by atoms with Crippen LogP contribution in [0.4, 0.5) is 8.78 Å². The first kappa shape index (κ1) is 13.2. The van der Waals surface area contributed by atoms with E-state index in [1.54, 1.807) is 0 Å². The Kier molecular flexibility index (Phi) is 3.47. The van der Waals surface area contributed by atoms with Crippen LogP contribution in [-0.2, 0) is 6.54 Å². The Balaban J connectivity index is 1.62. The second kappa shape index (κ2) is 5.28. The molecule has 1 fully saturated rings. The second-order valence-electron chi connectivity index (χ2n) is 4.49. The topological polar surface area (TPSA) is 68.0 Å². The van der Waals surface area contributed by atoms with Gasteiger partial charge in [-0.2, -0.15) is 0 Å². The van der Waals surface area contributed by atoms with Crippen LogP contribution < -0.4 is 5.32 Å². The summed E-state index contributed by atoms with van der Waals surface area (Å²) in [5.41, 5.74) is -0.00747. The van der Waals surface area contributed by atoms with E-state index < -0.39 is 12.3 Å². The molecule has 1 N–H and O–H groups in total. The molecule has 0 radical (unpaired) electrons. The lowest BCUT2D eigenvalue weighted by atomic mass is 10.2. The molecule has 0 aromatic carbocycles. The Hall–Kier alpha value is -1.83.